The first-order valence-corrected chi connectivity index (χ1v) is 10.2. The van der Waals surface area contributed by atoms with E-state index >= 15 is 0 Å². The van der Waals surface area contributed by atoms with Gasteiger partial charge in [-0.2, -0.15) is 0 Å². The van der Waals surface area contributed by atoms with Crippen molar-refractivity contribution in [1.82, 2.24) is 0 Å². The van der Waals surface area contributed by atoms with Gasteiger partial charge in [-0.05, 0) is 46.9 Å². The summed E-state index contributed by atoms with van der Waals surface area (Å²) >= 11 is 7.40. The Hall–Kier alpha value is -2.91. The number of alkyl halides is 1. The van der Waals surface area contributed by atoms with E-state index in [2.05, 4.69) is 12.1 Å². The molecule has 142 valence electrons. The predicted molar refractivity (Wildman–Crippen MR) is 112 cm³/mol. The van der Waals surface area contributed by atoms with Gasteiger partial charge in [-0.15, -0.1) is 11.6 Å². The standard InChI is InChI=1S/C25H18ClNO2/c1-14-7-6-8-15(13-14)27-23(28)21-20-16-9-2-4-11-18(16)25(26,22(21)24(27)29)19-12-5-3-10-17(19)20/h2-13,20-22H,1H3/t20?,21-,22+,25?/m0/s1. The van der Waals surface area contributed by atoms with E-state index in [-0.39, 0.29) is 17.7 Å². The van der Waals surface area contributed by atoms with Gasteiger partial charge in [0.2, 0.25) is 11.8 Å². The van der Waals surface area contributed by atoms with Gasteiger partial charge in [0.25, 0.3) is 0 Å². The van der Waals surface area contributed by atoms with E-state index in [9.17, 15) is 9.59 Å². The molecule has 4 heteroatoms. The van der Waals surface area contributed by atoms with Crippen molar-refractivity contribution in [1.29, 1.82) is 0 Å². The zero-order valence-corrected chi connectivity index (χ0v) is 16.6. The fourth-order valence-corrected chi connectivity index (χ4v) is 6.27. The summed E-state index contributed by atoms with van der Waals surface area (Å²) in [5, 5.41) is 0. The minimum absolute atomic E-state index is 0.148. The molecule has 2 bridgehead atoms. The van der Waals surface area contributed by atoms with Gasteiger partial charge in [0.05, 0.1) is 17.5 Å². The fraction of sp³-hybridized carbons (Fsp3) is 0.200. The summed E-state index contributed by atoms with van der Waals surface area (Å²) in [6, 6.07) is 23.5. The number of rotatable bonds is 1. The minimum atomic E-state index is -1.03. The summed E-state index contributed by atoms with van der Waals surface area (Å²) < 4.78 is 0. The van der Waals surface area contributed by atoms with Crippen LogP contribution < -0.4 is 4.90 Å². The van der Waals surface area contributed by atoms with Crippen molar-refractivity contribution < 1.29 is 9.59 Å². The second-order valence-corrected chi connectivity index (χ2v) is 8.81. The number of halogens is 1. The molecule has 0 spiro atoms. The van der Waals surface area contributed by atoms with E-state index in [0.29, 0.717) is 5.69 Å². The van der Waals surface area contributed by atoms with E-state index in [1.165, 1.54) is 4.90 Å². The normalized spacial score (nSPS) is 28.9. The number of aryl methyl sites for hydroxylation is 1. The van der Waals surface area contributed by atoms with Crippen LogP contribution in [0.5, 0.6) is 0 Å². The van der Waals surface area contributed by atoms with Crippen molar-refractivity contribution >= 4 is 29.1 Å². The lowest BCUT2D eigenvalue weighted by molar-refractivity contribution is -0.122. The lowest BCUT2D eigenvalue weighted by Crippen LogP contribution is -2.50. The first-order valence-electron chi connectivity index (χ1n) is 9.85. The molecule has 1 fully saturated rings. The maximum absolute atomic E-state index is 13.7. The van der Waals surface area contributed by atoms with Crippen molar-refractivity contribution in [2.24, 2.45) is 11.8 Å². The summed E-state index contributed by atoms with van der Waals surface area (Å²) in [7, 11) is 0. The van der Waals surface area contributed by atoms with Crippen LogP contribution in [0.15, 0.2) is 72.8 Å². The molecular weight excluding hydrogens is 382 g/mol. The first-order chi connectivity index (χ1) is 14.0. The van der Waals surface area contributed by atoms with Crippen LogP contribution in [0.4, 0.5) is 5.69 Å². The van der Waals surface area contributed by atoms with E-state index < -0.39 is 16.7 Å². The quantitative estimate of drug-likeness (QED) is 0.437. The molecule has 0 N–H and O–H groups in total. The molecule has 2 amide bonds. The molecule has 2 atom stereocenters. The Morgan fingerprint density at radius 3 is 2.07 bits per heavy atom. The van der Waals surface area contributed by atoms with Crippen LogP contribution in [0.25, 0.3) is 0 Å². The second kappa shape index (κ2) is 5.58. The Morgan fingerprint density at radius 1 is 0.828 bits per heavy atom. The van der Waals surface area contributed by atoms with Gasteiger partial charge < -0.3 is 0 Å². The number of carbonyl (C=O) groups is 2. The molecule has 0 aromatic heterocycles. The third-order valence-electron chi connectivity index (χ3n) is 6.77. The van der Waals surface area contributed by atoms with Gasteiger partial charge in [0.15, 0.2) is 0 Å². The molecule has 0 radical (unpaired) electrons. The van der Waals surface area contributed by atoms with Gasteiger partial charge in [-0.25, -0.2) is 4.90 Å². The van der Waals surface area contributed by atoms with Crippen LogP contribution in [-0.2, 0) is 14.5 Å². The number of anilines is 1. The number of carbonyl (C=O) groups excluding carboxylic acids is 2. The van der Waals surface area contributed by atoms with Crippen molar-refractivity contribution in [3.05, 3.63) is 101 Å². The van der Waals surface area contributed by atoms with Gasteiger partial charge in [0, 0.05) is 5.92 Å². The summed E-state index contributed by atoms with van der Waals surface area (Å²) in [4.78, 5) is 27.7. The maximum atomic E-state index is 13.7. The molecule has 0 unspecified atom stereocenters. The molecule has 4 aliphatic rings. The number of imide groups is 1. The molecule has 3 aliphatic carbocycles. The molecule has 7 rings (SSSR count). The third kappa shape index (κ3) is 1.94. The second-order valence-electron chi connectivity index (χ2n) is 8.22. The SMILES string of the molecule is Cc1cccc(N2C(=O)[C@H]3C4c5ccccc5C(Cl)(c5ccccc54)[C@H]3C2=O)c1. The summed E-state index contributed by atoms with van der Waals surface area (Å²) in [5.41, 5.74) is 5.68. The number of benzene rings is 3. The molecule has 1 heterocycles. The Bertz CT molecular complexity index is 1170. The third-order valence-corrected chi connectivity index (χ3v) is 7.42. The topological polar surface area (TPSA) is 37.4 Å². The highest BCUT2D eigenvalue weighted by Gasteiger charge is 2.67. The molecule has 0 saturated carbocycles. The van der Waals surface area contributed by atoms with Crippen LogP contribution in [0, 0.1) is 18.8 Å². The Balaban J connectivity index is 1.63. The molecule has 3 aromatic carbocycles. The van der Waals surface area contributed by atoms with E-state index in [1.54, 1.807) is 0 Å². The lowest BCUT2D eigenvalue weighted by Gasteiger charge is -2.50. The van der Waals surface area contributed by atoms with Crippen LogP contribution in [0.3, 0.4) is 0 Å². The molecule has 1 saturated heterocycles. The number of hydrogen-bond donors (Lipinski definition) is 0. The fourth-order valence-electron chi connectivity index (χ4n) is 5.70. The van der Waals surface area contributed by atoms with Crippen LogP contribution in [-0.4, -0.2) is 11.8 Å². The zero-order chi connectivity index (χ0) is 19.9. The van der Waals surface area contributed by atoms with Crippen LogP contribution in [0.2, 0.25) is 0 Å². The molecular formula is C25H18ClNO2. The highest BCUT2D eigenvalue weighted by Crippen LogP contribution is 2.65. The smallest absolute Gasteiger partial charge is 0.240 e. The number of amides is 2. The van der Waals surface area contributed by atoms with E-state index in [0.717, 1.165) is 27.8 Å². The van der Waals surface area contributed by atoms with Gasteiger partial charge in [0.1, 0.15) is 4.87 Å². The van der Waals surface area contributed by atoms with Crippen molar-refractivity contribution in [2.45, 2.75) is 17.7 Å². The monoisotopic (exact) mass is 399 g/mol. The summed E-state index contributed by atoms with van der Waals surface area (Å²) in [6.45, 7) is 1.96. The average Bonchev–Trinajstić information content (AvgIpc) is 3.00. The number of nitrogens with zero attached hydrogens (tertiary/aromatic N) is 1. The Labute approximate surface area is 173 Å². The van der Waals surface area contributed by atoms with E-state index in [4.69, 9.17) is 11.6 Å². The molecule has 3 nitrogen and oxygen atoms in total. The van der Waals surface area contributed by atoms with Crippen LogP contribution >= 0.6 is 11.6 Å². The highest BCUT2D eigenvalue weighted by molar-refractivity contribution is 6.33. The number of hydrogen-bond acceptors (Lipinski definition) is 2. The molecule has 3 aromatic rings. The zero-order valence-electron chi connectivity index (χ0n) is 15.8. The maximum Gasteiger partial charge on any atom is 0.240 e. The lowest BCUT2D eigenvalue weighted by atomic mass is 9.54. The first kappa shape index (κ1) is 17.0. The van der Waals surface area contributed by atoms with Gasteiger partial charge >= 0.3 is 0 Å². The van der Waals surface area contributed by atoms with Crippen LogP contribution in [0.1, 0.15) is 33.7 Å². The van der Waals surface area contributed by atoms with E-state index in [1.807, 2.05) is 67.6 Å². The van der Waals surface area contributed by atoms with Crippen molar-refractivity contribution in [3.8, 4) is 0 Å². The summed E-state index contributed by atoms with van der Waals surface area (Å²) in [6.07, 6.45) is 0. The molecule has 1 aliphatic heterocycles. The summed E-state index contributed by atoms with van der Waals surface area (Å²) in [5.74, 6) is -1.59. The largest absolute Gasteiger partial charge is 0.274 e. The Morgan fingerprint density at radius 2 is 1.45 bits per heavy atom. The molecule has 29 heavy (non-hydrogen) atoms. The van der Waals surface area contributed by atoms with Gasteiger partial charge in [-0.3, -0.25) is 9.59 Å². The minimum Gasteiger partial charge on any atom is -0.274 e. The van der Waals surface area contributed by atoms with Gasteiger partial charge in [-0.1, -0.05) is 60.7 Å². The Kier molecular flexibility index (Phi) is 3.27. The van der Waals surface area contributed by atoms with Crippen molar-refractivity contribution in [2.75, 3.05) is 4.90 Å². The average molecular weight is 400 g/mol. The highest BCUT2D eigenvalue weighted by atomic mass is 35.5. The predicted octanol–water partition coefficient (Wildman–Crippen LogP) is 4.74. The van der Waals surface area contributed by atoms with Crippen molar-refractivity contribution in [3.63, 3.8) is 0 Å².